The van der Waals surface area contributed by atoms with Gasteiger partial charge in [0, 0.05) is 20.3 Å². The predicted octanol–water partition coefficient (Wildman–Crippen LogP) is 3.70. The summed E-state index contributed by atoms with van der Waals surface area (Å²) in [6.45, 7) is 4.00. The second kappa shape index (κ2) is 12.7. The van der Waals surface area contributed by atoms with Gasteiger partial charge in [-0.05, 0) is 50.5 Å². The third kappa shape index (κ3) is 7.76. The molecule has 0 amide bonds. The highest BCUT2D eigenvalue weighted by molar-refractivity contribution is 5.94. The number of carbonyl (C=O) groups excluding carboxylic acids is 1. The van der Waals surface area contributed by atoms with E-state index in [1.165, 1.54) is 5.57 Å². The van der Waals surface area contributed by atoms with E-state index in [4.69, 9.17) is 14.2 Å². The fourth-order valence-electron chi connectivity index (χ4n) is 2.65. The van der Waals surface area contributed by atoms with E-state index in [2.05, 4.69) is 0 Å². The van der Waals surface area contributed by atoms with Crippen LogP contribution >= 0.6 is 0 Å². The minimum Gasteiger partial charge on any atom is -0.459 e. The summed E-state index contributed by atoms with van der Waals surface area (Å²) in [5.74, 6) is -0.538. The van der Waals surface area contributed by atoms with Crippen LogP contribution in [0.5, 0.6) is 0 Å². The highest BCUT2D eigenvalue weighted by atomic mass is 16.6. The van der Waals surface area contributed by atoms with Crippen molar-refractivity contribution in [2.24, 2.45) is 0 Å². The lowest BCUT2D eigenvalue weighted by Gasteiger charge is -2.16. The molecule has 1 aliphatic carbocycles. The van der Waals surface area contributed by atoms with E-state index in [0.717, 1.165) is 57.1 Å². The smallest absolute Gasteiger partial charge is 0.349 e. The Kier molecular flexibility index (Phi) is 10.8. The molecule has 0 N–H and O–H groups in total. The number of nitrogens with zero attached hydrogens (tertiary/aromatic N) is 1. The molecule has 0 aromatic rings. The fraction of sp³-hybridized carbons (Fsp3) is 0.684. The van der Waals surface area contributed by atoms with Crippen LogP contribution in [0.4, 0.5) is 0 Å². The number of rotatable bonds is 11. The second-order valence-corrected chi connectivity index (χ2v) is 5.87. The summed E-state index contributed by atoms with van der Waals surface area (Å²) in [5, 5.41) is 9.34. The van der Waals surface area contributed by atoms with E-state index in [1.54, 1.807) is 7.11 Å². The van der Waals surface area contributed by atoms with Crippen molar-refractivity contribution >= 4 is 5.97 Å². The molecular weight excluding hydrogens is 306 g/mol. The molecule has 0 aromatic carbocycles. The minimum absolute atomic E-state index is 0.139. The number of carbonyl (C=O) groups is 1. The van der Waals surface area contributed by atoms with Crippen LogP contribution in [0.2, 0.25) is 0 Å². The number of esters is 1. The third-order valence-electron chi connectivity index (χ3n) is 3.87. The Morgan fingerprint density at radius 3 is 2.75 bits per heavy atom. The van der Waals surface area contributed by atoms with E-state index in [0.29, 0.717) is 13.2 Å². The number of nitriles is 1. The van der Waals surface area contributed by atoms with E-state index in [9.17, 15) is 10.1 Å². The predicted molar refractivity (Wildman–Crippen MR) is 92.4 cm³/mol. The molecule has 0 saturated carbocycles. The first-order valence-electron chi connectivity index (χ1n) is 8.79. The van der Waals surface area contributed by atoms with Gasteiger partial charge in [-0.15, -0.1) is 0 Å². The second-order valence-electron chi connectivity index (χ2n) is 5.87. The number of ether oxygens (including phenoxy) is 3. The van der Waals surface area contributed by atoms with Crippen molar-refractivity contribution in [2.75, 3.05) is 33.5 Å². The molecular formula is C19H29NO4. The Bertz CT molecular complexity index is 488. The van der Waals surface area contributed by atoms with E-state index >= 15 is 0 Å². The Balaban J connectivity index is 2.58. The molecule has 0 heterocycles. The molecule has 0 bridgehead atoms. The van der Waals surface area contributed by atoms with Gasteiger partial charge >= 0.3 is 5.97 Å². The summed E-state index contributed by atoms with van der Waals surface area (Å²) >= 11 is 0. The van der Waals surface area contributed by atoms with Gasteiger partial charge in [-0.25, -0.2) is 4.79 Å². The molecule has 0 atom stereocenters. The van der Waals surface area contributed by atoms with Crippen LogP contribution in [0, 0.1) is 11.3 Å². The highest BCUT2D eigenvalue weighted by Gasteiger charge is 2.18. The molecule has 0 radical (unpaired) electrons. The lowest BCUT2D eigenvalue weighted by molar-refractivity contribution is -0.140. The fourth-order valence-corrected chi connectivity index (χ4v) is 2.65. The lowest BCUT2D eigenvalue weighted by Crippen LogP contribution is -2.14. The van der Waals surface area contributed by atoms with Gasteiger partial charge in [0.05, 0.1) is 6.61 Å². The first-order valence-corrected chi connectivity index (χ1v) is 8.79. The van der Waals surface area contributed by atoms with Crippen molar-refractivity contribution in [1.82, 2.24) is 0 Å². The number of hydrogen-bond acceptors (Lipinski definition) is 5. The number of methoxy groups -OCH3 is 1. The zero-order valence-electron chi connectivity index (χ0n) is 14.9. The lowest BCUT2D eigenvalue weighted by atomic mass is 9.90. The van der Waals surface area contributed by atoms with Gasteiger partial charge in [-0.3, -0.25) is 0 Å². The SMILES string of the molecule is CCCOCCOC(=O)/C(C#N)=C1\C=C(CCCCOC)CCC1. The van der Waals surface area contributed by atoms with Gasteiger partial charge in [0.1, 0.15) is 18.2 Å². The highest BCUT2D eigenvalue weighted by Crippen LogP contribution is 2.28. The average molecular weight is 335 g/mol. The Labute approximate surface area is 145 Å². The Hall–Kier alpha value is -1.64. The number of hydrogen-bond donors (Lipinski definition) is 0. The summed E-state index contributed by atoms with van der Waals surface area (Å²) in [7, 11) is 1.71. The normalized spacial score (nSPS) is 16.3. The zero-order chi connectivity index (χ0) is 17.6. The molecule has 5 heteroatoms. The van der Waals surface area contributed by atoms with Crippen LogP contribution in [0.1, 0.15) is 51.9 Å². The van der Waals surface area contributed by atoms with Gasteiger partial charge in [0.2, 0.25) is 0 Å². The summed E-state index contributed by atoms with van der Waals surface area (Å²) in [6, 6.07) is 2.02. The monoisotopic (exact) mass is 335 g/mol. The van der Waals surface area contributed by atoms with Gasteiger partial charge in [-0.1, -0.05) is 18.6 Å². The Morgan fingerprint density at radius 1 is 1.21 bits per heavy atom. The van der Waals surface area contributed by atoms with Crippen LogP contribution in [-0.4, -0.2) is 39.5 Å². The molecule has 134 valence electrons. The van der Waals surface area contributed by atoms with Gasteiger partial charge in [-0.2, -0.15) is 5.26 Å². The van der Waals surface area contributed by atoms with Crippen LogP contribution in [0.25, 0.3) is 0 Å². The molecule has 1 aliphatic rings. The van der Waals surface area contributed by atoms with Crippen molar-refractivity contribution in [3.63, 3.8) is 0 Å². The van der Waals surface area contributed by atoms with E-state index in [1.807, 2.05) is 19.1 Å². The van der Waals surface area contributed by atoms with Crippen LogP contribution in [0.3, 0.4) is 0 Å². The topological polar surface area (TPSA) is 68.5 Å². The molecule has 0 aromatic heterocycles. The quantitative estimate of drug-likeness (QED) is 0.249. The molecule has 0 unspecified atom stereocenters. The molecule has 5 nitrogen and oxygen atoms in total. The zero-order valence-corrected chi connectivity index (χ0v) is 14.9. The van der Waals surface area contributed by atoms with Gasteiger partial charge < -0.3 is 14.2 Å². The number of allylic oxidation sites excluding steroid dienone is 3. The van der Waals surface area contributed by atoms with E-state index in [-0.39, 0.29) is 12.2 Å². The summed E-state index contributed by atoms with van der Waals surface area (Å²) in [5.41, 5.74) is 2.25. The van der Waals surface area contributed by atoms with Gasteiger partial charge in [0.15, 0.2) is 0 Å². The number of unbranched alkanes of at least 4 members (excludes halogenated alkanes) is 1. The minimum atomic E-state index is -0.538. The third-order valence-corrected chi connectivity index (χ3v) is 3.87. The summed E-state index contributed by atoms with van der Waals surface area (Å²) in [6.07, 6.45) is 8.80. The van der Waals surface area contributed by atoms with Crippen LogP contribution < -0.4 is 0 Å². The van der Waals surface area contributed by atoms with Crippen LogP contribution in [0.15, 0.2) is 22.8 Å². The molecule has 0 aliphatic heterocycles. The van der Waals surface area contributed by atoms with Crippen LogP contribution in [-0.2, 0) is 19.0 Å². The van der Waals surface area contributed by atoms with E-state index < -0.39 is 5.97 Å². The Morgan fingerprint density at radius 2 is 2.04 bits per heavy atom. The van der Waals surface area contributed by atoms with Crippen molar-refractivity contribution < 1.29 is 19.0 Å². The molecule has 0 spiro atoms. The summed E-state index contributed by atoms with van der Waals surface area (Å²) < 4.78 is 15.5. The standard InChI is InChI=1S/C19H29NO4/c1-3-10-23-12-13-24-19(21)18(15-20)17-9-6-8-16(14-17)7-4-5-11-22-2/h14H,3-13H2,1-2H3/b18-17-. The maximum absolute atomic E-state index is 12.1. The van der Waals surface area contributed by atoms with Crippen molar-refractivity contribution in [3.05, 3.63) is 22.8 Å². The largest absolute Gasteiger partial charge is 0.459 e. The van der Waals surface area contributed by atoms with Crippen molar-refractivity contribution in [1.29, 1.82) is 5.26 Å². The molecule has 1 rings (SSSR count). The molecule has 24 heavy (non-hydrogen) atoms. The molecule has 0 saturated heterocycles. The first kappa shape index (κ1) is 20.4. The maximum Gasteiger partial charge on any atom is 0.349 e. The average Bonchev–Trinajstić information content (AvgIpc) is 2.60. The summed E-state index contributed by atoms with van der Waals surface area (Å²) in [4.78, 5) is 12.1. The van der Waals surface area contributed by atoms with Crippen molar-refractivity contribution in [3.8, 4) is 6.07 Å². The van der Waals surface area contributed by atoms with Crippen molar-refractivity contribution in [2.45, 2.75) is 51.9 Å². The maximum atomic E-state index is 12.1. The first-order chi connectivity index (χ1) is 11.7. The molecule has 0 fully saturated rings. The van der Waals surface area contributed by atoms with Gasteiger partial charge in [0.25, 0.3) is 0 Å².